The molecule has 1 heterocycles. The van der Waals surface area contributed by atoms with Crippen LogP contribution in [0.4, 0.5) is 4.39 Å². The first-order valence-electron chi connectivity index (χ1n) is 6.81. The number of ether oxygens (including phenoxy) is 1. The van der Waals surface area contributed by atoms with E-state index in [1.807, 2.05) is 0 Å². The summed E-state index contributed by atoms with van der Waals surface area (Å²) in [6.45, 7) is 2.83. The largest absolute Gasteiger partial charge is 0.480 e. The zero-order valence-corrected chi connectivity index (χ0v) is 13.3. The molecule has 2 rings (SSSR count). The summed E-state index contributed by atoms with van der Waals surface area (Å²) in [6.07, 6.45) is 0.759. The number of nitriles is 1. The third-order valence-corrected chi connectivity index (χ3v) is 4.15. The molecule has 6 heteroatoms. The van der Waals surface area contributed by atoms with E-state index in [1.54, 1.807) is 11.8 Å². The number of carbonyl (C=O) groups is 1. The highest BCUT2D eigenvalue weighted by Gasteiger charge is 2.27. The third kappa shape index (κ3) is 3.94. The van der Waals surface area contributed by atoms with Crippen LogP contribution in [0, 0.1) is 23.1 Å². The lowest BCUT2D eigenvalue weighted by Gasteiger charge is -2.31. The maximum absolute atomic E-state index is 13.0. The summed E-state index contributed by atoms with van der Waals surface area (Å²) in [5.41, 5.74) is 0. The van der Waals surface area contributed by atoms with E-state index in [0.29, 0.717) is 36.2 Å². The highest BCUT2D eigenvalue weighted by Crippen LogP contribution is 2.27. The monoisotopic (exact) mass is 354 g/mol. The van der Waals surface area contributed by atoms with Crippen molar-refractivity contribution in [3.05, 3.63) is 28.5 Å². The minimum absolute atomic E-state index is 0.0384. The zero-order valence-electron chi connectivity index (χ0n) is 11.7. The third-order valence-electron chi connectivity index (χ3n) is 3.53. The van der Waals surface area contributed by atoms with E-state index in [0.717, 1.165) is 0 Å². The molecule has 1 aliphatic heterocycles. The first kappa shape index (κ1) is 15.8. The molecule has 0 saturated carbocycles. The van der Waals surface area contributed by atoms with Crippen molar-refractivity contribution in [2.24, 2.45) is 5.92 Å². The minimum Gasteiger partial charge on any atom is -0.480 e. The first-order chi connectivity index (χ1) is 10.0. The maximum atomic E-state index is 13.0. The van der Waals surface area contributed by atoms with Gasteiger partial charge in [0.1, 0.15) is 11.6 Å². The summed E-state index contributed by atoms with van der Waals surface area (Å²) in [6, 6.07) is 6.31. The molecule has 1 saturated heterocycles. The van der Waals surface area contributed by atoms with E-state index in [1.165, 1.54) is 18.2 Å². The molecule has 1 fully saturated rings. The Morgan fingerprint density at radius 2 is 2.19 bits per heavy atom. The predicted octanol–water partition coefficient (Wildman–Crippen LogP) is 3.12. The second-order valence-corrected chi connectivity index (χ2v) is 5.92. The van der Waals surface area contributed by atoms with Gasteiger partial charge in [0.25, 0.3) is 5.91 Å². The molecule has 21 heavy (non-hydrogen) atoms. The van der Waals surface area contributed by atoms with Gasteiger partial charge in [-0.25, -0.2) is 4.39 Å². The molecule has 0 radical (unpaired) electrons. The van der Waals surface area contributed by atoms with Crippen molar-refractivity contribution in [2.45, 2.75) is 25.9 Å². The van der Waals surface area contributed by atoms with Crippen LogP contribution >= 0.6 is 15.9 Å². The Morgan fingerprint density at radius 1 is 1.52 bits per heavy atom. The summed E-state index contributed by atoms with van der Waals surface area (Å²) in [7, 11) is 0. The van der Waals surface area contributed by atoms with E-state index < -0.39 is 6.10 Å². The van der Waals surface area contributed by atoms with Crippen LogP contribution in [-0.2, 0) is 4.79 Å². The Hall–Kier alpha value is -1.61. The topological polar surface area (TPSA) is 53.3 Å². The van der Waals surface area contributed by atoms with Gasteiger partial charge in [-0.1, -0.05) is 0 Å². The molecule has 0 aliphatic carbocycles. The lowest BCUT2D eigenvalue weighted by atomic mass is 9.98. The first-order valence-corrected chi connectivity index (χ1v) is 7.60. The van der Waals surface area contributed by atoms with Crippen LogP contribution in [0.3, 0.4) is 0 Å². The van der Waals surface area contributed by atoms with E-state index in [9.17, 15) is 9.18 Å². The smallest absolute Gasteiger partial charge is 0.263 e. The predicted molar refractivity (Wildman–Crippen MR) is 79.1 cm³/mol. The molecule has 4 nitrogen and oxygen atoms in total. The lowest BCUT2D eigenvalue weighted by molar-refractivity contribution is -0.139. The maximum Gasteiger partial charge on any atom is 0.263 e. The van der Waals surface area contributed by atoms with Crippen molar-refractivity contribution >= 4 is 21.8 Å². The average molecular weight is 355 g/mol. The van der Waals surface area contributed by atoms with E-state index in [4.69, 9.17) is 10.00 Å². The van der Waals surface area contributed by atoms with Gasteiger partial charge in [0.2, 0.25) is 0 Å². The Labute approximate surface area is 131 Å². The molecule has 0 N–H and O–H groups in total. The van der Waals surface area contributed by atoms with Crippen LogP contribution in [0.1, 0.15) is 19.8 Å². The van der Waals surface area contributed by atoms with Crippen molar-refractivity contribution in [3.8, 4) is 11.8 Å². The molecule has 0 bridgehead atoms. The van der Waals surface area contributed by atoms with Crippen LogP contribution < -0.4 is 4.74 Å². The molecule has 1 amide bonds. The van der Waals surface area contributed by atoms with Gasteiger partial charge in [0, 0.05) is 19.0 Å². The van der Waals surface area contributed by atoms with Gasteiger partial charge in [0.05, 0.1) is 10.5 Å². The van der Waals surface area contributed by atoms with Gasteiger partial charge in [-0.05, 0) is 53.9 Å². The fraction of sp³-hybridized carbons (Fsp3) is 0.467. The summed E-state index contributed by atoms with van der Waals surface area (Å²) in [5.74, 6) is -0.00456. The molecule has 1 unspecified atom stereocenters. The second-order valence-electron chi connectivity index (χ2n) is 5.06. The lowest BCUT2D eigenvalue weighted by Crippen LogP contribution is -2.44. The van der Waals surface area contributed by atoms with Crippen LogP contribution in [-0.4, -0.2) is 30.0 Å². The molecule has 0 aromatic heterocycles. The zero-order chi connectivity index (χ0) is 15.4. The fourth-order valence-corrected chi connectivity index (χ4v) is 2.74. The normalized spacial score (nSPS) is 17.1. The number of amides is 1. The van der Waals surface area contributed by atoms with Crippen molar-refractivity contribution in [2.75, 3.05) is 13.1 Å². The van der Waals surface area contributed by atoms with Gasteiger partial charge < -0.3 is 9.64 Å². The van der Waals surface area contributed by atoms with Gasteiger partial charge in [-0.2, -0.15) is 5.26 Å². The Balaban J connectivity index is 1.95. The Bertz CT molecular complexity index is 565. The van der Waals surface area contributed by atoms with Crippen LogP contribution in [0.5, 0.6) is 5.75 Å². The van der Waals surface area contributed by atoms with E-state index in [-0.39, 0.29) is 17.6 Å². The van der Waals surface area contributed by atoms with Gasteiger partial charge in [-0.3, -0.25) is 4.79 Å². The molecule has 1 aliphatic rings. The standard InChI is InChI=1S/C15H16BrFN2O2/c1-10(21-14-3-2-12(17)8-13(14)16)15(20)19-6-4-11(9-18)5-7-19/h2-3,8,10-11H,4-7H2,1H3. The quantitative estimate of drug-likeness (QED) is 0.837. The minimum atomic E-state index is -0.648. The molecule has 0 spiro atoms. The van der Waals surface area contributed by atoms with Crippen LogP contribution in [0.2, 0.25) is 0 Å². The van der Waals surface area contributed by atoms with E-state index >= 15 is 0 Å². The van der Waals surface area contributed by atoms with Crippen LogP contribution in [0.25, 0.3) is 0 Å². The number of benzene rings is 1. The highest BCUT2D eigenvalue weighted by molar-refractivity contribution is 9.10. The number of rotatable bonds is 3. The van der Waals surface area contributed by atoms with Gasteiger partial charge in [0.15, 0.2) is 6.10 Å². The molecule has 112 valence electrons. The van der Waals surface area contributed by atoms with Crippen molar-refractivity contribution < 1.29 is 13.9 Å². The molecule has 1 aromatic rings. The average Bonchev–Trinajstić information content (AvgIpc) is 2.49. The molecular formula is C15H16BrFN2O2. The Morgan fingerprint density at radius 3 is 2.76 bits per heavy atom. The summed E-state index contributed by atoms with van der Waals surface area (Å²) in [5, 5.41) is 8.86. The van der Waals surface area contributed by atoms with E-state index in [2.05, 4.69) is 22.0 Å². The summed E-state index contributed by atoms with van der Waals surface area (Å²) in [4.78, 5) is 14.0. The van der Waals surface area contributed by atoms with Gasteiger partial charge >= 0.3 is 0 Å². The van der Waals surface area contributed by atoms with Crippen molar-refractivity contribution in [1.82, 2.24) is 4.90 Å². The van der Waals surface area contributed by atoms with Crippen molar-refractivity contribution in [1.29, 1.82) is 5.26 Å². The molecular weight excluding hydrogens is 339 g/mol. The second kappa shape index (κ2) is 6.90. The van der Waals surface area contributed by atoms with Crippen molar-refractivity contribution in [3.63, 3.8) is 0 Å². The molecule has 1 atom stereocenters. The van der Waals surface area contributed by atoms with Gasteiger partial charge in [-0.15, -0.1) is 0 Å². The SMILES string of the molecule is CC(Oc1ccc(F)cc1Br)C(=O)N1CCC(C#N)CC1. The van der Waals surface area contributed by atoms with Crippen LogP contribution in [0.15, 0.2) is 22.7 Å². The Kier molecular flexibility index (Phi) is 5.18. The summed E-state index contributed by atoms with van der Waals surface area (Å²) < 4.78 is 19.1. The fourth-order valence-electron chi connectivity index (χ4n) is 2.30. The molecule has 1 aromatic carbocycles. The number of hydrogen-bond donors (Lipinski definition) is 0. The number of hydrogen-bond acceptors (Lipinski definition) is 3. The number of piperidine rings is 1. The number of carbonyl (C=O) groups excluding carboxylic acids is 1. The summed E-state index contributed by atoms with van der Waals surface area (Å²) >= 11 is 3.21. The highest BCUT2D eigenvalue weighted by atomic mass is 79.9. The number of nitrogens with zero attached hydrogens (tertiary/aromatic N) is 2. The number of halogens is 2. The number of likely N-dealkylation sites (tertiary alicyclic amines) is 1.